The fourth-order valence-corrected chi connectivity index (χ4v) is 3.41. The number of rotatable bonds is 8. The SMILES string of the molecule is CN(CCCc1cc(-c2ccc(F)cc2)n[nH]1)CC(=O)Nc1c(Cl)cccc1Cl. The molecule has 2 N–H and O–H groups in total. The van der Waals surface area contributed by atoms with Crippen molar-refractivity contribution in [1.82, 2.24) is 15.1 Å². The van der Waals surface area contributed by atoms with E-state index in [1.165, 1.54) is 12.1 Å². The van der Waals surface area contributed by atoms with E-state index in [-0.39, 0.29) is 18.3 Å². The summed E-state index contributed by atoms with van der Waals surface area (Å²) in [5.41, 5.74) is 3.07. The van der Waals surface area contributed by atoms with E-state index in [4.69, 9.17) is 23.2 Å². The first kappa shape index (κ1) is 21.3. The smallest absolute Gasteiger partial charge is 0.238 e. The minimum absolute atomic E-state index is 0.178. The van der Waals surface area contributed by atoms with Crippen molar-refractivity contribution >= 4 is 34.8 Å². The van der Waals surface area contributed by atoms with E-state index in [1.807, 2.05) is 18.0 Å². The van der Waals surface area contributed by atoms with Gasteiger partial charge < -0.3 is 5.32 Å². The van der Waals surface area contributed by atoms with Gasteiger partial charge in [-0.1, -0.05) is 29.3 Å². The number of benzene rings is 2. The number of aryl methyl sites for hydroxylation is 1. The van der Waals surface area contributed by atoms with Gasteiger partial charge in [0.1, 0.15) is 5.82 Å². The molecule has 0 unspecified atom stereocenters. The lowest BCUT2D eigenvalue weighted by Crippen LogP contribution is -2.31. The van der Waals surface area contributed by atoms with Crippen LogP contribution in [0.3, 0.4) is 0 Å². The van der Waals surface area contributed by atoms with Crippen LogP contribution in [0.2, 0.25) is 10.0 Å². The first-order valence-corrected chi connectivity index (χ1v) is 9.90. The molecule has 29 heavy (non-hydrogen) atoms. The minimum Gasteiger partial charge on any atom is -0.322 e. The number of hydrogen-bond donors (Lipinski definition) is 2. The number of amides is 1. The highest BCUT2D eigenvalue weighted by Crippen LogP contribution is 2.29. The van der Waals surface area contributed by atoms with Crippen LogP contribution in [0, 0.1) is 5.82 Å². The molecule has 0 aliphatic heterocycles. The summed E-state index contributed by atoms with van der Waals surface area (Å²) in [4.78, 5) is 14.2. The summed E-state index contributed by atoms with van der Waals surface area (Å²) < 4.78 is 13.0. The third kappa shape index (κ3) is 6.03. The highest BCUT2D eigenvalue weighted by atomic mass is 35.5. The summed E-state index contributed by atoms with van der Waals surface area (Å²) in [5, 5.41) is 10.9. The van der Waals surface area contributed by atoms with Gasteiger partial charge >= 0.3 is 0 Å². The lowest BCUT2D eigenvalue weighted by atomic mass is 10.1. The Hall–Kier alpha value is -2.41. The Bertz CT molecular complexity index is 955. The molecule has 0 atom stereocenters. The van der Waals surface area contributed by atoms with Crippen LogP contribution in [-0.4, -0.2) is 41.1 Å². The van der Waals surface area contributed by atoms with Crippen LogP contribution in [-0.2, 0) is 11.2 Å². The van der Waals surface area contributed by atoms with Gasteiger partial charge in [0.25, 0.3) is 0 Å². The number of halogens is 3. The van der Waals surface area contributed by atoms with Gasteiger partial charge in [-0.2, -0.15) is 5.10 Å². The molecule has 152 valence electrons. The van der Waals surface area contributed by atoms with Crippen molar-refractivity contribution in [3.63, 3.8) is 0 Å². The Kier molecular flexibility index (Phi) is 7.25. The van der Waals surface area contributed by atoms with Crippen molar-refractivity contribution in [3.8, 4) is 11.3 Å². The summed E-state index contributed by atoms with van der Waals surface area (Å²) in [7, 11) is 1.88. The number of nitrogens with one attached hydrogen (secondary N) is 2. The van der Waals surface area contributed by atoms with Gasteiger partial charge in [0, 0.05) is 11.3 Å². The molecule has 1 aromatic heterocycles. The van der Waals surface area contributed by atoms with Crippen molar-refractivity contribution in [3.05, 3.63) is 70.1 Å². The van der Waals surface area contributed by atoms with Gasteiger partial charge in [-0.25, -0.2) is 4.39 Å². The molecule has 0 saturated carbocycles. The molecule has 0 bridgehead atoms. The van der Waals surface area contributed by atoms with Gasteiger partial charge in [-0.05, 0) is 68.9 Å². The number of carbonyl (C=O) groups is 1. The van der Waals surface area contributed by atoms with Crippen molar-refractivity contribution in [2.45, 2.75) is 12.8 Å². The number of likely N-dealkylation sites (N-methyl/N-ethyl adjacent to an activating group) is 1. The maximum absolute atomic E-state index is 13.0. The Labute approximate surface area is 178 Å². The van der Waals surface area contributed by atoms with Gasteiger partial charge in [-0.15, -0.1) is 0 Å². The average molecular weight is 435 g/mol. The number of aromatic amines is 1. The Morgan fingerprint density at radius 2 is 1.86 bits per heavy atom. The lowest BCUT2D eigenvalue weighted by Gasteiger charge is -2.16. The molecule has 8 heteroatoms. The van der Waals surface area contributed by atoms with Crippen LogP contribution in [0.4, 0.5) is 10.1 Å². The fraction of sp³-hybridized carbons (Fsp3) is 0.238. The molecule has 3 rings (SSSR count). The van der Waals surface area contributed by atoms with Crippen molar-refractivity contribution in [1.29, 1.82) is 0 Å². The zero-order valence-corrected chi connectivity index (χ0v) is 17.4. The molecule has 0 radical (unpaired) electrons. The molecule has 3 aromatic rings. The van der Waals surface area contributed by atoms with Gasteiger partial charge in [-0.3, -0.25) is 14.8 Å². The molecule has 0 aliphatic rings. The third-order valence-corrected chi connectivity index (χ3v) is 5.03. The molecule has 1 heterocycles. The van der Waals surface area contributed by atoms with Crippen LogP contribution in [0.15, 0.2) is 48.5 Å². The van der Waals surface area contributed by atoms with Crippen LogP contribution in [0.25, 0.3) is 11.3 Å². The number of aromatic nitrogens is 2. The Morgan fingerprint density at radius 1 is 1.17 bits per heavy atom. The first-order valence-electron chi connectivity index (χ1n) is 9.15. The standard InChI is InChI=1S/C21H21Cl2FN4O/c1-28(13-20(29)25-21-17(22)5-2-6-18(21)23)11-3-4-16-12-19(27-26-16)14-7-9-15(24)10-8-14/h2,5-10,12H,3-4,11,13H2,1H3,(H,25,29)(H,26,27). The second-order valence-corrected chi connectivity index (χ2v) is 7.59. The molecule has 5 nitrogen and oxygen atoms in total. The molecule has 0 fully saturated rings. The van der Waals surface area contributed by atoms with Gasteiger partial charge in [0.05, 0.1) is 28.0 Å². The zero-order valence-electron chi connectivity index (χ0n) is 15.9. The number of para-hydroxylation sites is 1. The number of hydrogen-bond acceptors (Lipinski definition) is 3. The largest absolute Gasteiger partial charge is 0.322 e. The summed E-state index contributed by atoms with van der Waals surface area (Å²) in [6.45, 7) is 0.958. The second kappa shape index (κ2) is 9.87. The van der Waals surface area contributed by atoms with Crippen LogP contribution >= 0.6 is 23.2 Å². The lowest BCUT2D eigenvalue weighted by molar-refractivity contribution is -0.117. The topological polar surface area (TPSA) is 61.0 Å². The number of anilines is 1. The van der Waals surface area contributed by atoms with Crippen LogP contribution < -0.4 is 5.32 Å². The highest BCUT2D eigenvalue weighted by Gasteiger charge is 2.12. The fourth-order valence-electron chi connectivity index (χ4n) is 2.92. The molecule has 0 spiro atoms. The predicted molar refractivity (Wildman–Crippen MR) is 115 cm³/mol. The Morgan fingerprint density at radius 3 is 2.55 bits per heavy atom. The Balaban J connectivity index is 1.44. The first-order chi connectivity index (χ1) is 13.9. The van der Waals surface area contributed by atoms with Gasteiger partial charge in [0.15, 0.2) is 0 Å². The quantitative estimate of drug-likeness (QED) is 0.522. The van der Waals surface area contributed by atoms with Crippen molar-refractivity contribution in [2.75, 3.05) is 25.5 Å². The van der Waals surface area contributed by atoms with E-state index in [1.54, 1.807) is 30.3 Å². The monoisotopic (exact) mass is 434 g/mol. The van der Waals surface area contributed by atoms with Gasteiger partial charge in [0.2, 0.25) is 5.91 Å². The molecule has 2 aromatic carbocycles. The summed E-state index contributed by atoms with van der Waals surface area (Å²) in [6.07, 6.45) is 1.64. The number of nitrogens with zero attached hydrogens (tertiary/aromatic N) is 2. The summed E-state index contributed by atoms with van der Waals surface area (Å²) in [6, 6.07) is 13.3. The predicted octanol–water partition coefficient (Wildman–Crippen LogP) is 5.03. The number of carbonyl (C=O) groups excluding carboxylic acids is 1. The number of H-pyrrole nitrogens is 1. The maximum Gasteiger partial charge on any atom is 0.238 e. The maximum atomic E-state index is 13.0. The van der Waals surface area contributed by atoms with E-state index in [0.717, 1.165) is 36.3 Å². The van der Waals surface area contributed by atoms with E-state index < -0.39 is 0 Å². The minimum atomic E-state index is -0.270. The molecule has 0 aliphatic carbocycles. The molecule has 0 saturated heterocycles. The summed E-state index contributed by atoms with van der Waals surface area (Å²) in [5.74, 6) is -0.448. The molecular weight excluding hydrogens is 414 g/mol. The summed E-state index contributed by atoms with van der Waals surface area (Å²) >= 11 is 12.1. The zero-order chi connectivity index (χ0) is 20.8. The van der Waals surface area contributed by atoms with E-state index in [9.17, 15) is 9.18 Å². The van der Waals surface area contributed by atoms with E-state index in [0.29, 0.717) is 15.7 Å². The van der Waals surface area contributed by atoms with Crippen molar-refractivity contribution < 1.29 is 9.18 Å². The molecule has 1 amide bonds. The normalized spacial score (nSPS) is 11.1. The third-order valence-electron chi connectivity index (χ3n) is 4.40. The second-order valence-electron chi connectivity index (χ2n) is 6.77. The van der Waals surface area contributed by atoms with Crippen LogP contribution in [0.1, 0.15) is 12.1 Å². The van der Waals surface area contributed by atoms with E-state index >= 15 is 0 Å². The highest BCUT2D eigenvalue weighted by molar-refractivity contribution is 6.39. The molecular formula is C21H21Cl2FN4O. The van der Waals surface area contributed by atoms with Crippen LogP contribution in [0.5, 0.6) is 0 Å². The average Bonchev–Trinajstić information content (AvgIpc) is 3.14. The van der Waals surface area contributed by atoms with Crippen molar-refractivity contribution in [2.24, 2.45) is 0 Å². The van der Waals surface area contributed by atoms with E-state index in [2.05, 4.69) is 15.5 Å².